The number of nitrogens with zero attached hydrogens (tertiary/aromatic N) is 4. The van der Waals surface area contributed by atoms with E-state index in [4.69, 9.17) is 12.2 Å². The zero-order valence-corrected chi connectivity index (χ0v) is 14.8. The summed E-state index contributed by atoms with van der Waals surface area (Å²) in [6, 6.07) is 8.30. The van der Waals surface area contributed by atoms with Crippen LogP contribution in [0.15, 0.2) is 42.9 Å². The number of thiocarbonyl (C=S) groups is 1. The molecule has 0 aliphatic carbocycles. The average Bonchev–Trinajstić information content (AvgIpc) is 3.11. The quantitative estimate of drug-likeness (QED) is 0.715. The highest BCUT2D eigenvalue weighted by atomic mass is 32.1. The Balaban J connectivity index is 1.62. The summed E-state index contributed by atoms with van der Waals surface area (Å²) < 4.78 is 3.69. The van der Waals surface area contributed by atoms with Gasteiger partial charge in [-0.15, -0.1) is 0 Å². The van der Waals surface area contributed by atoms with Crippen LogP contribution in [0.2, 0.25) is 0 Å². The van der Waals surface area contributed by atoms with Crippen molar-refractivity contribution >= 4 is 28.7 Å². The topological polar surface area (TPSA) is 59.7 Å². The van der Waals surface area contributed by atoms with Gasteiger partial charge in [-0.2, -0.15) is 10.2 Å². The van der Waals surface area contributed by atoms with Gasteiger partial charge in [0.25, 0.3) is 0 Å². The Labute approximate surface area is 146 Å². The summed E-state index contributed by atoms with van der Waals surface area (Å²) in [7, 11) is 1.90. The van der Waals surface area contributed by atoms with E-state index >= 15 is 0 Å². The van der Waals surface area contributed by atoms with Gasteiger partial charge in [0.15, 0.2) is 5.11 Å². The molecular formula is C17H20N6S. The molecule has 7 heteroatoms. The zero-order chi connectivity index (χ0) is 17.1. The number of rotatable bonds is 4. The first kappa shape index (κ1) is 16.2. The maximum absolute atomic E-state index is 5.35. The Hall–Kier alpha value is -2.67. The Morgan fingerprint density at radius 1 is 1.12 bits per heavy atom. The first-order valence-electron chi connectivity index (χ1n) is 7.66. The number of nitrogens with one attached hydrogen (secondary N) is 2. The molecule has 3 rings (SSSR count). The Bertz CT molecular complexity index is 864. The molecule has 124 valence electrons. The van der Waals surface area contributed by atoms with Crippen LogP contribution in [0.25, 0.3) is 0 Å². The van der Waals surface area contributed by atoms with Crippen molar-refractivity contribution in [3.05, 3.63) is 59.7 Å². The van der Waals surface area contributed by atoms with Crippen LogP contribution in [0, 0.1) is 13.8 Å². The normalized spacial score (nSPS) is 10.6. The highest BCUT2D eigenvalue weighted by molar-refractivity contribution is 7.80. The van der Waals surface area contributed by atoms with Gasteiger partial charge in [-0.25, -0.2) is 0 Å². The molecular weight excluding hydrogens is 320 g/mol. The minimum Gasteiger partial charge on any atom is -0.330 e. The second-order valence-electron chi connectivity index (χ2n) is 5.70. The molecule has 3 aromatic rings. The fourth-order valence-electron chi connectivity index (χ4n) is 2.38. The maximum atomic E-state index is 5.35. The smallest absolute Gasteiger partial charge is 0.175 e. The molecule has 0 saturated heterocycles. The monoisotopic (exact) mass is 340 g/mol. The van der Waals surface area contributed by atoms with Crippen LogP contribution < -0.4 is 10.6 Å². The van der Waals surface area contributed by atoms with Crippen molar-refractivity contribution in [2.75, 3.05) is 10.6 Å². The third-order valence-electron chi connectivity index (χ3n) is 3.97. The fraction of sp³-hybridized carbons (Fsp3) is 0.235. The van der Waals surface area contributed by atoms with E-state index in [0.29, 0.717) is 5.11 Å². The first-order chi connectivity index (χ1) is 11.5. The van der Waals surface area contributed by atoms with Gasteiger partial charge in [0.1, 0.15) is 0 Å². The molecule has 0 spiro atoms. The Morgan fingerprint density at radius 3 is 2.62 bits per heavy atom. The lowest BCUT2D eigenvalue weighted by molar-refractivity contribution is 0.684. The molecule has 0 fully saturated rings. The van der Waals surface area contributed by atoms with Gasteiger partial charge in [0.2, 0.25) is 0 Å². The molecule has 2 aromatic heterocycles. The van der Waals surface area contributed by atoms with Gasteiger partial charge >= 0.3 is 0 Å². The second-order valence-corrected chi connectivity index (χ2v) is 6.11. The van der Waals surface area contributed by atoms with Crippen molar-refractivity contribution in [3.63, 3.8) is 0 Å². The molecule has 0 radical (unpaired) electrons. The predicted molar refractivity (Wildman–Crippen MR) is 100 cm³/mol. The predicted octanol–water partition coefficient (Wildman–Crippen LogP) is 3.09. The Morgan fingerprint density at radius 2 is 1.92 bits per heavy atom. The van der Waals surface area contributed by atoms with E-state index in [1.54, 1.807) is 17.1 Å². The van der Waals surface area contributed by atoms with Crippen molar-refractivity contribution in [2.24, 2.45) is 7.05 Å². The summed E-state index contributed by atoms with van der Waals surface area (Å²) in [6.07, 6.45) is 5.46. The van der Waals surface area contributed by atoms with E-state index in [9.17, 15) is 0 Å². The zero-order valence-electron chi connectivity index (χ0n) is 13.9. The van der Waals surface area contributed by atoms with Crippen LogP contribution in [0.5, 0.6) is 0 Å². The van der Waals surface area contributed by atoms with E-state index in [2.05, 4.69) is 39.9 Å². The summed E-state index contributed by atoms with van der Waals surface area (Å²) in [5, 5.41) is 15.4. The lowest BCUT2D eigenvalue weighted by atomic mass is 10.1. The van der Waals surface area contributed by atoms with Gasteiger partial charge in [-0.3, -0.25) is 9.36 Å². The molecule has 0 bridgehead atoms. The van der Waals surface area contributed by atoms with Gasteiger partial charge in [0.05, 0.1) is 36.0 Å². The van der Waals surface area contributed by atoms with Crippen molar-refractivity contribution < 1.29 is 0 Å². The third kappa shape index (κ3) is 3.62. The lowest BCUT2D eigenvalue weighted by Crippen LogP contribution is -2.19. The van der Waals surface area contributed by atoms with Gasteiger partial charge in [-0.1, -0.05) is 24.3 Å². The highest BCUT2D eigenvalue weighted by Crippen LogP contribution is 2.14. The van der Waals surface area contributed by atoms with Crippen LogP contribution in [0.3, 0.4) is 0 Å². The highest BCUT2D eigenvalue weighted by Gasteiger charge is 2.07. The van der Waals surface area contributed by atoms with E-state index < -0.39 is 0 Å². The lowest BCUT2D eigenvalue weighted by Gasteiger charge is -2.08. The van der Waals surface area contributed by atoms with Gasteiger partial charge < -0.3 is 10.6 Å². The van der Waals surface area contributed by atoms with Gasteiger partial charge in [0, 0.05) is 13.2 Å². The number of benzene rings is 1. The standard InChI is InChI=1S/C17H20N6S/c1-12-6-4-5-7-14(12)10-23-11-15(8-19-23)20-17(24)21-16-9-18-22(3)13(16)2/h4-9,11H,10H2,1-3H3,(H2,20,21,24). The molecule has 24 heavy (non-hydrogen) atoms. The largest absolute Gasteiger partial charge is 0.330 e. The molecule has 6 nitrogen and oxygen atoms in total. The molecule has 0 saturated carbocycles. The molecule has 2 N–H and O–H groups in total. The van der Waals surface area contributed by atoms with Crippen LogP contribution in [-0.4, -0.2) is 24.7 Å². The summed E-state index contributed by atoms with van der Waals surface area (Å²) in [5.74, 6) is 0. The number of anilines is 2. The molecule has 1 aromatic carbocycles. The minimum atomic E-state index is 0.515. The second kappa shape index (κ2) is 6.84. The molecule has 0 atom stereocenters. The summed E-state index contributed by atoms with van der Waals surface area (Å²) >= 11 is 5.35. The molecule has 0 amide bonds. The molecule has 0 unspecified atom stereocenters. The number of aromatic nitrogens is 4. The summed E-state index contributed by atoms with van der Waals surface area (Å²) in [4.78, 5) is 0. The molecule has 2 heterocycles. The van der Waals surface area contributed by atoms with Gasteiger partial charge in [-0.05, 0) is 37.2 Å². The average molecular weight is 340 g/mol. The summed E-state index contributed by atoms with van der Waals surface area (Å²) in [5.41, 5.74) is 5.27. The van der Waals surface area contributed by atoms with Crippen LogP contribution >= 0.6 is 12.2 Å². The van der Waals surface area contributed by atoms with Crippen molar-refractivity contribution in [3.8, 4) is 0 Å². The van der Waals surface area contributed by atoms with Crippen molar-refractivity contribution in [1.29, 1.82) is 0 Å². The molecule has 0 aliphatic rings. The SMILES string of the molecule is Cc1ccccc1Cn1cc(NC(=S)Nc2cnn(C)c2C)cn1. The number of aryl methyl sites for hydroxylation is 2. The van der Waals surface area contributed by atoms with E-state index in [1.807, 2.05) is 37.0 Å². The minimum absolute atomic E-state index is 0.515. The van der Waals surface area contributed by atoms with Crippen molar-refractivity contribution in [1.82, 2.24) is 19.6 Å². The summed E-state index contributed by atoms with van der Waals surface area (Å²) in [6.45, 7) is 4.82. The van der Waals surface area contributed by atoms with Crippen LogP contribution in [0.4, 0.5) is 11.4 Å². The molecule has 0 aliphatic heterocycles. The Kier molecular flexibility index (Phi) is 4.61. The fourth-order valence-corrected chi connectivity index (χ4v) is 2.61. The number of hydrogen-bond acceptors (Lipinski definition) is 3. The van der Waals surface area contributed by atoms with Crippen molar-refractivity contribution in [2.45, 2.75) is 20.4 Å². The maximum Gasteiger partial charge on any atom is 0.175 e. The van der Waals surface area contributed by atoms with E-state index in [-0.39, 0.29) is 0 Å². The third-order valence-corrected chi connectivity index (χ3v) is 4.17. The van der Waals surface area contributed by atoms with E-state index in [1.165, 1.54) is 11.1 Å². The van der Waals surface area contributed by atoms with Crippen LogP contribution in [0.1, 0.15) is 16.8 Å². The number of hydrogen-bond donors (Lipinski definition) is 2. The first-order valence-corrected chi connectivity index (χ1v) is 8.07. The van der Waals surface area contributed by atoms with Crippen LogP contribution in [-0.2, 0) is 13.6 Å². The van der Waals surface area contributed by atoms with E-state index in [0.717, 1.165) is 23.6 Å².